The van der Waals surface area contributed by atoms with E-state index in [4.69, 9.17) is 5.73 Å². The third-order valence-electron chi connectivity index (χ3n) is 2.24. The molecule has 0 amide bonds. The molecular formula is C12H11N2O. The second-order valence-electron chi connectivity index (χ2n) is 3.42. The largest absolute Gasteiger partial charge is 0.321 e. The maximum Gasteiger partial charge on any atom is 0.217 e. The smallest absolute Gasteiger partial charge is 0.217 e. The predicted molar refractivity (Wildman–Crippen MR) is 59.1 cm³/mol. The second kappa shape index (κ2) is 4.19. The van der Waals surface area contributed by atoms with Crippen LogP contribution in [0.15, 0.2) is 36.4 Å². The Balaban J connectivity index is 2.34. The van der Waals surface area contributed by atoms with E-state index in [0.717, 1.165) is 16.6 Å². The Kier molecular flexibility index (Phi) is 2.74. The quantitative estimate of drug-likeness (QED) is 0.808. The van der Waals surface area contributed by atoms with Gasteiger partial charge in [0.2, 0.25) is 6.29 Å². The van der Waals surface area contributed by atoms with E-state index in [1.807, 2.05) is 36.4 Å². The van der Waals surface area contributed by atoms with E-state index in [2.05, 4.69) is 4.98 Å². The van der Waals surface area contributed by atoms with Crippen molar-refractivity contribution in [3.63, 3.8) is 0 Å². The molecule has 1 heterocycles. The van der Waals surface area contributed by atoms with Crippen molar-refractivity contribution in [3.8, 4) is 0 Å². The number of nitrogens with two attached hydrogens (primary N) is 1. The van der Waals surface area contributed by atoms with E-state index in [9.17, 15) is 4.79 Å². The molecule has 1 radical (unpaired) electrons. The number of hydrogen-bond donors (Lipinski definition) is 1. The summed E-state index contributed by atoms with van der Waals surface area (Å²) in [7, 11) is 0. The third kappa shape index (κ3) is 2.19. The summed E-state index contributed by atoms with van der Waals surface area (Å²) in [6, 6.07) is 11.1. The van der Waals surface area contributed by atoms with Crippen molar-refractivity contribution in [2.45, 2.75) is 12.5 Å². The minimum atomic E-state index is -0.585. The molecule has 1 aromatic carbocycles. The minimum absolute atomic E-state index is 0.439. The summed E-state index contributed by atoms with van der Waals surface area (Å²) < 4.78 is 0. The van der Waals surface area contributed by atoms with Gasteiger partial charge >= 0.3 is 0 Å². The summed E-state index contributed by atoms with van der Waals surface area (Å²) in [5, 5.41) is 1.09. The Bertz CT molecular complexity index is 482. The van der Waals surface area contributed by atoms with E-state index in [1.54, 1.807) is 6.29 Å². The first-order valence-corrected chi connectivity index (χ1v) is 4.77. The van der Waals surface area contributed by atoms with Crippen molar-refractivity contribution in [1.82, 2.24) is 4.98 Å². The number of aromatic nitrogens is 1. The molecule has 0 unspecified atom stereocenters. The van der Waals surface area contributed by atoms with Gasteiger partial charge in [0.15, 0.2) is 0 Å². The maximum absolute atomic E-state index is 10.3. The molecule has 0 saturated carbocycles. The van der Waals surface area contributed by atoms with Gasteiger partial charge in [0.1, 0.15) is 0 Å². The van der Waals surface area contributed by atoms with E-state index < -0.39 is 6.04 Å². The molecule has 0 saturated heterocycles. The Morgan fingerprint density at radius 3 is 2.87 bits per heavy atom. The van der Waals surface area contributed by atoms with Gasteiger partial charge in [-0.25, -0.2) is 0 Å². The summed E-state index contributed by atoms with van der Waals surface area (Å²) >= 11 is 0. The van der Waals surface area contributed by atoms with Crippen LogP contribution < -0.4 is 5.73 Å². The Hall–Kier alpha value is -1.74. The summed E-state index contributed by atoms with van der Waals surface area (Å²) in [6.45, 7) is 0. The Morgan fingerprint density at radius 2 is 2.07 bits per heavy atom. The molecule has 1 atom stereocenters. The van der Waals surface area contributed by atoms with Crippen molar-refractivity contribution in [2.75, 3.05) is 0 Å². The number of pyridine rings is 1. The molecular weight excluding hydrogens is 188 g/mol. The fourth-order valence-electron chi connectivity index (χ4n) is 1.49. The van der Waals surface area contributed by atoms with Crippen molar-refractivity contribution >= 4 is 17.2 Å². The van der Waals surface area contributed by atoms with Gasteiger partial charge in [-0.1, -0.05) is 24.3 Å². The molecule has 75 valence electrons. The summed E-state index contributed by atoms with van der Waals surface area (Å²) in [5.41, 5.74) is 7.23. The van der Waals surface area contributed by atoms with Crippen LogP contribution in [-0.4, -0.2) is 17.3 Å². The average molecular weight is 199 g/mol. The number of hydrogen-bond acceptors (Lipinski definition) is 3. The number of benzene rings is 1. The van der Waals surface area contributed by atoms with Gasteiger partial charge in [0.05, 0.1) is 11.6 Å². The molecule has 2 aromatic rings. The van der Waals surface area contributed by atoms with Crippen LogP contribution >= 0.6 is 0 Å². The van der Waals surface area contributed by atoms with Crippen molar-refractivity contribution in [2.24, 2.45) is 5.73 Å². The first-order valence-electron chi connectivity index (χ1n) is 4.77. The molecule has 3 heteroatoms. The fourth-order valence-corrected chi connectivity index (χ4v) is 1.49. The topological polar surface area (TPSA) is 56.0 Å². The van der Waals surface area contributed by atoms with Crippen LogP contribution in [-0.2, 0) is 11.2 Å². The van der Waals surface area contributed by atoms with Crippen LogP contribution in [0.25, 0.3) is 10.9 Å². The second-order valence-corrected chi connectivity index (χ2v) is 3.42. The molecule has 0 aliphatic rings. The number of para-hydroxylation sites is 1. The molecule has 1 aromatic heterocycles. The molecule has 3 nitrogen and oxygen atoms in total. The fraction of sp³-hybridized carbons (Fsp3) is 0.167. The lowest BCUT2D eigenvalue weighted by molar-refractivity contribution is 0.540. The third-order valence-corrected chi connectivity index (χ3v) is 2.24. The lowest BCUT2D eigenvalue weighted by Crippen LogP contribution is -2.24. The standard InChI is InChI=1S/C12H11N2O/c13-10(8-15)7-11-6-5-9-3-1-2-4-12(9)14-11/h1-6,10H,7,13H2/t10-/m0/s1. The summed E-state index contributed by atoms with van der Waals surface area (Å²) in [6.07, 6.45) is 2.19. The normalized spacial score (nSPS) is 12.6. The molecule has 0 aliphatic carbocycles. The zero-order valence-electron chi connectivity index (χ0n) is 8.18. The summed E-state index contributed by atoms with van der Waals surface area (Å²) in [5.74, 6) is 0. The van der Waals surface area contributed by atoms with E-state index in [1.165, 1.54) is 0 Å². The first kappa shape index (κ1) is 9.80. The van der Waals surface area contributed by atoms with Gasteiger partial charge in [-0.05, 0) is 12.1 Å². The molecule has 2 N–H and O–H groups in total. The van der Waals surface area contributed by atoms with E-state index in [-0.39, 0.29) is 0 Å². The van der Waals surface area contributed by atoms with E-state index in [0.29, 0.717) is 6.42 Å². The lowest BCUT2D eigenvalue weighted by Gasteiger charge is -2.04. The molecule has 0 bridgehead atoms. The van der Waals surface area contributed by atoms with Crippen LogP contribution in [0, 0.1) is 0 Å². The highest BCUT2D eigenvalue weighted by Crippen LogP contribution is 2.12. The van der Waals surface area contributed by atoms with E-state index >= 15 is 0 Å². The highest BCUT2D eigenvalue weighted by Gasteiger charge is 2.04. The van der Waals surface area contributed by atoms with Gasteiger partial charge in [0, 0.05) is 17.5 Å². The average Bonchev–Trinajstić information content (AvgIpc) is 2.29. The molecule has 2 rings (SSSR count). The first-order chi connectivity index (χ1) is 7.29. The molecule has 15 heavy (non-hydrogen) atoms. The van der Waals surface area contributed by atoms with Crippen molar-refractivity contribution in [3.05, 3.63) is 42.1 Å². The number of fused-ring (bicyclic) bond motifs is 1. The monoisotopic (exact) mass is 199 g/mol. The van der Waals surface area contributed by atoms with Gasteiger partial charge in [-0.2, -0.15) is 0 Å². The van der Waals surface area contributed by atoms with Gasteiger partial charge in [-0.3, -0.25) is 9.78 Å². The van der Waals surface area contributed by atoms with Crippen LogP contribution in [0.4, 0.5) is 0 Å². The SMILES string of the molecule is N[C@H]([C]=O)Cc1ccc2ccccc2n1. The molecule has 0 fully saturated rings. The maximum atomic E-state index is 10.3. The molecule has 0 aliphatic heterocycles. The van der Waals surface area contributed by atoms with Crippen LogP contribution in [0.5, 0.6) is 0 Å². The summed E-state index contributed by atoms with van der Waals surface area (Å²) in [4.78, 5) is 14.7. The Labute approximate surface area is 87.9 Å². The lowest BCUT2D eigenvalue weighted by atomic mass is 10.1. The Morgan fingerprint density at radius 1 is 1.27 bits per heavy atom. The zero-order chi connectivity index (χ0) is 10.7. The minimum Gasteiger partial charge on any atom is -0.321 e. The van der Waals surface area contributed by atoms with Crippen molar-refractivity contribution in [1.29, 1.82) is 0 Å². The van der Waals surface area contributed by atoms with Crippen LogP contribution in [0.2, 0.25) is 0 Å². The van der Waals surface area contributed by atoms with Gasteiger partial charge in [0.25, 0.3) is 0 Å². The molecule has 0 spiro atoms. The number of carbonyl (C=O) groups excluding carboxylic acids is 1. The predicted octanol–water partition coefficient (Wildman–Crippen LogP) is 1.21. The van der Waals surface area contributed by atoms with Crippen LogP contribution in [0.3, 0.4) is 0 Å². The van der Waals surface area contributed by atoms with Gasteiger partial charge < -0.3 is 5.73 Å². The van der Waals surface area contributed by atoms with Gasteiger partial charge in [-0.15, -0.1) is 0 Å². The zero-order valence-corrected chi connectivity index (χ0v) is 8.18. The van der Waals surface area contributed by atoms with Crippen LogP contribution in [0.1, 0.15) is 5.69 Å². The van der Waals surface area contributed by atoms with Crippen molar-refractivity contribution < 1.29 is 4.79 Å². The number of nitrogens with zero attached hydrogens (tertiary/aromatic N) is 1. The highest BCUT2D eigenvalue weighted by atomic mass is 16.1. The number of rotatable bonds is 3. The highest BCUT2D eigenvalue weighted by molar-refractivity contribution is 5.78.